The van der Waals surface area contributed by atoms with Gasteiger partial charge in [0.1, 0.15) is 4.90 Å². The molecule has 0 amide bonds. The standard InChI is InChI=1S/C12H19N3O3S/c13-19(16,17)11-8-14-15(9-11)10-3-6-18-12(7-10)4-1-2-5-12/h8-10H,1-7H2,(H2,13,16,17). The molecule has 0 aromatic carbocycles. The van der Waals surface area contributed by atoms with Crippen LogP contribution in [0.4, 0.5) is 0 Å². The molecule has 6 nitrogen and oxygen atoms in total. The second-order valence-corrected chi connectivity index (χ2v) is 7.15. The lowest BCUT2D eigenvalue weighted by Crippen LogP contribution is -2.38. The first-order valence-corrected chi connectivity index (χ1v) is 8.24. The number of hydrogen-bond donors (Lipinski definition) is 1. The van der Waals surface area contributed by atoms with Crippen LogP contribution >= 0.6 is 0 Å². The Labute approximate surface area is 113 Å². The summed E-state index contributed by atoms with van der Waals surface area (Å²) in [6, 6.07) is 0.211. The second kappa shape index (κ2) is 4.57. The molecule has 106 valence electrons. The zero-order chi connectivity index (χ0) is 13.5. The van der Waals surface area contributed by atoms with E-state index in [4.69, 9.17) is 9.88 Å². The van der Waals surface area contributed by atoms with Crippen molar-refractivity contribution in [1.29, 1.82) is 0 Å². The highest BCUT2D eigenvalue weighted by Crippen LogP contribution is 2.43. The molecule has 1 saturated carbocycles. The van der Waals surface area contributed by atoms with Gasteiger partial charge in [0.25, 0.3) is 0 Å². The Hall–Kier alpha value is -0.920. The number of hydrogen-bond acceptors (Lipinski definition) is 4. The van der Waals surface area contributed by atoms with E-state index in [1.54, 1.807) is 4.68 Å². The molecule has 1 aromatic heterocycles. The van der Waals surface area contributed by atoms with Crippen LogP contribution in [0.25, 0.3) is 0 Å². The minimum absolute atomic E-state index is 0.00335. The predicted octanol–water partition coefficient (Wildman–Crippen LogP) is 1.19. The van der Waals surface area contributed by atoms with Gasteiger partial charge < -0.3 is 4.74 Å². The van der Waals surface area contributed by atoms with Crippen LogP contribution in [0.1, 0.15) is 44.6 Å². The maximum Gasteiger partial charge on any atom is 0.241 e. The van der Waals surface area contributed by atoms with Crippen LogP contribution in [0, 0.1) is 0 Å². The van der Waals surface area contributed by atoms with E-state index >= 15 is 0 Å². The summed E-state index contributed by atoms with van der Waals surface area (Å²) < 4.78 is 30.3. The molecule has 1 aliphatic carbocycles. The number of primary sulfonamides is 1. The van der Waals surface area contributed by atoms with E-state index < -0.39 is 10.0 Å². The molecule has 0 radical (unpaired) electrons. The zero-order valence-electron chi connectivity index (χ0n) is 10.8. The van der Waals surface area contributed by atoms with Gasteiger partial charge in [0.05, 0.1) is 17.8 Å². The summed E-state index contributed by atoms with van der Waals surface area (Å²) in [5.41, 5.74) is -0.00335. The molecule has 2 heterocycles. The normalized spacial score (nSPS) is 26.9. The summed E-state index contributed by atoms with van der Waals surface area (Å²) in [6.45, 7) is 0.717. The van der Waals surface area contributed by atoms with Gasteiger partial charge in [-0.3, -0.25) is 4.68 Å². The fourth-order valence-electron chi connectivity index (χ4n) is 3.26. The third kappa shape index (κ3) is 2.54. The van der Waals surface area contributed by atoms with Crippen LogP contribution in [0.3, 0.4) is 0 Å². The number of rotatable bonds is 2. The molecule has 3 rings (SSSR count). The Kier molecular flexibility index (Phi) is 3.15. The molecular formula is C12H19N3O3S. The van der Waals surface area contributed by atoms with Crippen molar-refractivity contribution in [3.63, 3.8) is 0 Å². The lowest BCUT2D eigenvalue weighted by Gasteiger charge is -2.38. The van der Waals surface area contributed by atoms with Gasteiger partial charge in [0, 0.05) is 12.8 Å². The summed E-state index contributed by atoms with van der Waals surface area (Å²) in [7, 11) is -3.66. The van der Waals surface area contributed by atoms with Crippen molar-refractivity contribution in [2.24, 2.45) is 5.14 Å². The maximum atomic E-state index is 11.3. The van der Waals surface area contributed by atoms with Gasteiger partial charge in [0.15, 0.2) is 0 Å². The van der Waals surface area contributed by atoms with Crippen molar-refractivity contribution < 1.29 is 13.2 Å². The summed E-state index contributed by atoms with van der Waals surface area (Å²) >= 11 is 0. The van der Waals surface area contributed by atoms with Crippen molar-refractivity contribution in [2.75, 3.05) is 6.61 Å². The molecule has 0 bridgehead atoms. The quantitative estimate of drug-likeness (QED) is 0.884. The molecule has 2 N–H and O–H groups in total. The van der Waals surface area contributed by atoms with Crippen molar-refractivity contribution >= 4 is 10.0 Å². The van der Waals surface area contributed by atoms with E-state index in [0.29, 0.717) is 0 Å². The maximum absolute atomic E-state index is 11.3. The third-order valence-corrected chi connectivity index (χ3v) is 5.13. The van der Waals surface area contributed by atoms with Gasteiger partial charge in [-0.1, -0.05) is 12.8 Å². The van der Waals surface area contributed by atoms with E-state index in [0.717, 1.165) is 32.3 Å². The Morgan fingerprint density at radius 3 is 2.79 bits per heavy atom. The number of nitrogens with two attached hydrogens (primary N) is 1. The van der Waals surface area contributed by atoms with Crippen LogP contribution in [-0.2, 0) is 14.8 Å². The van der Waals surface area contributed by atoms with Gasteiger partial charge in [-0.2, -0.15) is 5.10 Å². The molecule has 1 spiro atoms. The number of sulfonamides is 1. The van der Waals surface area contributed by atoms with Gasteiger partial charge in [-0.15, -0.1) is 0 Å². The van der Waals surface area contributed by atoms with Gasteiger partial charge in [-0.25, -0.2) is 13.6 Å². The van der Waals surface area contributed by atoms with E-state index in [-0.39, 0.29) is 16.5 Å². The zero-order valence-corrected chi connectivity index (χ0v) is 11.6. The Bertz CT molecular complexity index is 561. The molecule has 1 unspecified atom stereocenters. The van der Waals surface area contributed by atoms with E-state index in [2.05, 4.69) is 5.10 Å². The SMILES string of the molecule is NS(=O)(=O)c1cnn(C2CCOC3(CCCC3)C2)c1. The van der Waals surface area contributed by atoms with Crippen LogP contribution in [0.5, 0.6) is 0 Å². The lowest BCUT2D eigenvalue weighted by molar-refractivity contribution is -0.0910. The Morgan fingerprint density at radius 1 is 1.42 bits per heavy atom. The summed E-state index contributed by atoms with van der Waals surface area (Å²) in [5, 5.41) is 9.27. The highest BCUT2D eigenvalue weighted by Gasteiger charge is 2.40. The van der Waals surface area contributed by atoms with Crippen LogP contribution in [-0.4, -0.2) is 30.4 Å². The number of aromatic nitrogens is 2. The first kappa shape index (κ1) is 13.1. The lowest BCUT2D eigenvalue weighted by atomic mass is 9.89. The van der Waals surface area contributed by atoms with Crippen LogP contribution in [0.15, 0.2) is 17.3 Å². The van der Waals surface area contributed by atoms with Crippen LogP contribution < -0.4 is 5.14 Å². The van der Waals surface area contributed by atoms with Gasteiger partial charge in [-0.05, 0) is 25.7 Å². The van der Waals surface area contributed by atoms with E-state index in [9.17, 15) is 8.42 Å². The molecule has 1 aliphatic heterocycles. The van der Waals surface area contributed by atoms with E-state index in [1.807, 2.05) is 0 Å². The number of ether oxygens (including phenoxy) is 1. The van der Waals surface area contributed by atoms with Crippen LogP contribution in [0.2, 0.25) is 0 Å². The van der Waals surface area contributed by atoms with E-state index in [1.165, 1.54) is 25.2 Å². The summed E-state index contributed by atoms with van der Waals surface area (Å²) in [5.74, 6) is 0. The number of nitrogens with zero attached hydrogens (tertiary/aromatic N) is 2. The average Bonchev–Trinajstić information content (AvgIpc) is 2.98. The molecule has 1 saturated heterocycles. The molecule has 7 heteroatoms. The average molecular weight is 285 g/mol. The van der Waals surface area contributed by atoms with Crippen molar-refractivity contribution in [1.82, 2.24) is 9.78 Å². The topological polar surface area (TPSA) is 87.2 Å². The monoisotopic (exact) mass is 285 g/mol. The largest absolute Gasteiger partial charge is 0.375 e. The fourth-order valence-corrected chi connectivity index (χ4v) is 3.71. The fraction of sp³-hybridized carbons (Fsp3) is 0.750. The first-order chi connectivity index (χ1) is 8.99. The minimum Gasteiger partial charge on any atom is -0.375 e. The minimum atomic E-state index is -3.66. The second-order valence-electron chi connectivity index (χ2n) is 5.59. The van der Waals surface area contributed by atoms with Gasteiger partial charge >= 0.3 is 0 Å². The van der Waals surface area contributed by atoms with Crippen molar-refractivity contribution in [3.8, 4) is 0 Å². The first-order valence-electron chi connectivity index (χ1n) is 6.70. The molecule has 19 heavy (non-hydrogen) atoms. The smallest absolute Gasteiger partial charge is 0.241 e. The van der Waals surface area contributed by atoms with Crippen molar-refractivity contribution in [3.05, 3.63) is 12.4 Å². The molecule has 1 atom stereocenters. The Morgan fingerprint density at radius 2 is 2.16 bits per heavy atom. The molecule has 2 fully saturated rings. The highest BCUT2D eigenvalue weighted by molar-refractivity contribution is 7.89. The predicted molar refractivity (Wildman–Crippen MR) is 69.0 cm³/mol. The highest BCUT2D eigenvalue weighted by atomic mass is 32.2. The molecule has 2 aliphatic rings. The van der Waals surface area contributed by atoms with Crippen molar-refractivity contribution in [2.45, 2.75) is 55.1 Å². The summed E-state index contributed by atoms with van der Waals surface area (Å²) in [4.78, 5) is 0.0828. The molecule has 1 aromatic rings. The van der Waals surface area contributed by atoms with Gasteiger partial charge in [0.2, 0.25) is 10.0 Å². The molecular weight excluding hydrogens is 266 g/mol. The summed E-state index contributed by atoms with van der Waals surface area (Å²) in [6.07, 6.45) is 9.29. The Balaban J connectivity index is 1.80. The third-order valence-electron chi connectivity index (χ3n) is 4.26.